The molecule has 0 radical (unpaired) electrons. The molecule has 0 saturated carbocycles. The minimum Gasteiger partial charge on any atom is -0.330 e. The van der Waals surface area contributed by atoms with Crippen molar-refractivity contribution in [2.45, 2.75) is 20.3 Å². The summed E-state index contributed by atoms with van der Waals surface area (Å²) < 4.78 is 1.53. The molecule has 0 saturated heterocycles. The van der Waals surface area contributed by atoms with Crippen LogP contribution in [0, 0.1) is 13.8 Å². The van der Waals surface area contributed by atoms with Crippen LogP contribution in [0.15, 0.2) is 23.0 Å². The van der Waals surface area contributed by atoms with Gasteiger partial charge in [-0.25, -0.2) is 4.68 Å². The predicted molar refractivity (Wildman–Crippen MR) is 73.6 cm³/mol. The Balaban J connectivity index is 2.61. The summed E-state index contributed by atoms with van der Waals surface area (Å²) in [4.78, 5) is 12.3. The summed E-state index contributed by atoms with van der Waals surface area (Å²) in [6, 6.07) is 5.48. The predicted octanol–water partition coefficient (Wildman–Crippen LogP) is 1.94. The number of H-pyrrole nitrogens is 1. The lowest BCUT2D eigenvalue weighted by molar-refractivity contribution is 0.827. The average Bonchev–Trinajstić information content (AvgIpc) is 2.61. The van der Waals surface area contributed by atoms with Crippen molar-refractivity contribution in [3.05, 3.63) is 50.4 Å². The lowest BCUT2D eigenvalue weighted by Crippen LogP contribution is -2.20. The Labute approximate surface area is 110 Å². The van der Waals surface area contributed by atoms with Crippen molar-refractivity contribution < 1.29 is 0 Å². The molecule has 0 aliphatic carbocycles. The van der Waals surface area contributed by atoms with Gasteiger partial charge in [-0.05, 0) is 44.5 Å². The van der Waals surface area contributed by atoms with Crippen LogP contribution in [-0.2, 0) is 6.42 Å². The summed E-state index contributed by atoms with van der Waals surface area (Å²) >= 11 is 5.98. The van der Waals surface area contributed by atoms with Gasteiger partial charge in [0.15, 0.2) is 0 Å². The summed E-state index contributed by atoms with van der Waals surface area (Å²) in [5, 5.41) is 3.68. The molecule has 18 heavy (non-hydrogen) atoms. The maximum Gasteiger partial charge on any atom is 0.274 e. The van der Waals surface area contributed by atoms with E-state index in [1.807, 2.05) is 26.0 Å². The molecule has 5 heteroatoms. The number of rotatable bonds is 3. The largest absolute Gasteiger partial charge is 0.330 e. The zero-order chi connectivity index (χ0) is 13.3. The van der Waals surface area contributed by atoms with E-state index in [-0.39, 0.29) is 5.56 Å². The molecule has 2 rings (SSSR count). The minimum atomic E-state index is -0.0525. The number of nitrogens with two attached hydrogens (primary N) is 1. The van der Waals surface area contributed by atoms with E-state index in [4.69, 9.17) is 17.3 Å². The normalized spacial score (nSPS) is 10.9. The second kappa shape index (κ2) is 5.00. The van der Waals surface area contributed by atoms with E-state index in [0.29, 0.717) is 18.0 Å². The van der Waals surface area contributed by atoms with E-state index in [1.165, 1.54) is 4.68 Å². The van der Waals surface area contributed by atoms with Gasteiger partial charge in [0.1, 0.15) is 0 Å². The number of hydrogen-bond acceptors (Lipinski definition) is 2. The van der Waals surface area contributed by atoms with Gasteiger partial charge in [-0.1, -0.05) is 17.7 Å². The van der Waals surface area contributed by atoms with E-state index in [1.54, 1.807) is 6.07 Å². The van der Waals surface area contributed by atoms with Gasteiger partial charge in [0.2, 0.25) is 0 Å². The van der Waals surface area contributed by atoms with Crippen LogP contribution in [0.4, 0.5) is 0 Å². The van der Waals surface area contributed by atoms with Crippen molar-refractivity contribution >= 4 is 11.6 Å². The highest BCUT2D eigenvalue weighted by Gasteiger charge is 2.13. The van der Waals surface area contributed by atoms with Crippen LogP contribution in [0.3, 0.4) is 0 Å². The van der Waals surface area contributed by atoms with E-state index < -0.39 is 0 Å². The Morgan fingerprint density at radius 1 is 1.39 bits per heavy atom. The molecule has 0 spiro atoms. The quantitative estimate of drug-likeness (QED) is 0.891. The van der Waals surface area contributed by atoms with Crippen LogP contribution in [0.25, 0.3) is 5.69 Å². The number of halogens is 1. The third kappa shape index (κ3) is 2.21. The Kier molecular flexibility index (Phi) is 3.59. The molecule has 1 aromatic heterocycles. The fourth-order valence-corrected chi connectivity index (χ4v) is 2.18. The lowest BCUT2D eigenvalue weighted by atomic mass is 10.2. The average molecular weight is 266 g/mol. The first kappa shape index (κ1) is 12.9. The van der Waals surface area contributed by atoms with Gasteiger partial charge in [0.25, 0.3) is 5.56 Å². The third-order valence-corrected chi connectivity index (χ3v) is 3.23. The van der Waals surface area contributed by atoms with Gasteiger partial charge >= 0.3 is 0 Å². The molecule has 3 N–H and O–H groups in total. The Hall–Kier alpha value is -1.52. The number of nitrogens with zero attached hydrogens (tertiary/aromatic N) is 1. The van der Waals surface area contributed by atoms with Gasteiger partial charge in [0, 0.05) is 16.3 Å². The van der Waals surface area contributed by atoms with Crippen molar-refractivity contribution in [1.82, 2.24) is 9.78 Å². The van der Waals surface area contributed by atoms with Crippen LogP contribution >= 0.6 is 11.6 Å². The molecule has 0 bridgehead atoms. The van der Waals surface area contributed by atoms with Crippen LogP contribution in [0.2, 0.25) is 5.02 Å². The van der Waals surface area contributed by atoms with Crippen molar-refractivity contribution in [2.24, 2.45) is 5.73 Å². The topological polar surface area (TPSA) is 63.8 Å². The second-order valence-corrected chi connectivity index (χ2v) is 4.76. The third-order valence-electron chi connectivity index (χ3n) is 3.00. The summed E-state index contributed by atoms with van der Waals surface area (Å²) in [5.41, 5.74) is 8.81. The SMILES string of the molecule is Cc1ccc(Cl)cc1-n1[nH]c(C)c(CCN)c1=O. The molecular weight excluding hydrogens is 250 g/mol. The van der Waals surface area contributed by atoms with Gasteiger partial charge in [0.05, 0.1) is 5.69 Å². The number of hydrogen-bond donors (Lipinski definition) is 2. The maximum atomic E-state index is 12.3. The molecular formula is C13H16ClN3O. The number of benzene rings is 1. The smallest absolute Gasteiger partial charge is 0.274 e. The van der Waals surface area contributed by atoms with E-state index >= 15 is 0 Å². The van der Waals surface area contributed by atoms with Gasteiger partial charge in [-0.15, -0.1) is 0 Å². The summed E-state index contributed by atoms with van der Waals surface area (Å²) in [6.07, 6.45) is 0.577. The molecule has 0 amide bonds. The molecule has 96 valence electrons. The molecule has 1 heterocycles. The van der Waals surface area contributed by atoms with Gasteiger partial charge in [-0.2, -0.15) is 0 Å². The molecule has 0 atom stereocenters. The first-order valence-electron chi connectivity index (χ1n) is 5.81. The van der Waals surface area contributed by atoms with Crippen LogP contribution in [0.1, 0.15) is 16.8 Å². The molecule has 1 aromatic carbocycles. The minimum absolute atomic E-state index is 0.0525. The maximum absolute atomic E-state index is 12.3. The van der Waals surface area contributed by atoms with Crippen molar-refractivity contribution in [1.29, 1.82) is 0 Å². The van der Waals surface area contributed by atoms with Gasteiger partial charge < -0.3 is 5.73 Å². The highest BCUT2D eigenvalue weighted by Crippen LogP contribution is 2.18. The Bertz CT molecular complexity index is 628. The Morgan fingerprint density at radius 3 is 2.78 bits per heavy atom. The molecule has 0 unspecified atom stereocenters. The van der Waals surface area contributed by atoms with Crippen LogP contribution < -0.4 is 11.3 Å². The fraction of sp³-hybridized carbons (Fsp3) is 0.308. The standard InChI is InChI=1S/C13H16ClN3O/c1-8-3-4-10(14)7-12(8)17-13(18)11(5-6-15)9(2)16-17/h3-4,7,16H,5-6,15H2,1-2H3. The zero-order valence-corrected chi connectivity index (χ0v) is 11.2. The molecule has 4 nitrogen and oxygen atoms in total. The number of aromatic amines is 1. The second-order valence-electron chi connectivity index (χ2n) is 4.33. The van der Waals surface area contributed by atoms with Gasteiger partial charge in [-0.3, -0.25) is 9.89 Å². The van der Waals surface area contributed by atoms with Crippen molar-refractivity contribution in [3.8, 4) is 5.69 Å². The molecule has 2 aromatic rings. The lowest BCUT2D eigenvalue weighted by Gasteiger charge is -2.06. The summed E-state index contributed by atoms with van der Waals surface area (Å²) in [5.74, 6) is 0. The Morgan fingerprint density at radius 2 is 2.11 bits per heavy atom. The number of aromatic nitrogens is 2. The number of aryl methyl sites for hydroxylation is 2. The molecule has 0 aliphatic rings. The van der Waals surface area contributed by atoms with Crippen LogP contribution in [0.5, 0.6) is 0 Å². The first-order chi connectivity index (χ1) is 8.54. The molecule has 0 aliphatic heterocycles. The van der Waals surface area contributed by atoms with Crippen LogP contribution in [-0.4, -0.2) is 16.3 Å². The van der Waals surface area contributed by atoms with Crippen molar-refractivity contribution in [2.75, 3.05) is 6.54 Å². The first-order valence-corrected chi connectivity index (χ1v) is 6.19. The van der Waals surface area contributed by atoms with E-state index in [9.17, 15) is 4.79 Å². The fourth-order valence-electron chi connectivity index (χ4n) is 2.01. The number of nitrogens with one attached hydrogen (secondary N) is 1. The highest BCUT2D eigenvalue weighted by atomic mass is 35.5. The zero-order valence-electron chi connectivity index (χ0n) is 10.5. The van der Waals surface area contributed by atoms with E-state index in [2.05, 4.69) is 5.10 Å². The summed E-state index contributed by atoms with van der Waals surface area (Å²) in [6.45, 7) is 4.28. The summed E-state index contributed by atoms with van der Waals surface area (Å²) in [7, 11) is 0. The van der Waals surface area contributed by atoms with Crippen molar-refractivity contribution in [3.63, 3.8) is 0 Å². The molecule has 0 fully saturated rings. The van der Waals surface area contributed by atoms with E-state index in [0.717, 1.165) is 22.5 Å². The highest BCUT2D eigenvalue weighted by molar-refractivity contribution is 6.30. The monoisotopic (exact) mass is 265 g/mol.